The Morgan fingerprint density at radius 1 is 1.30 bits per heavy atom. The van der Waals surface area contributed by atoms with Crippen molar-refractivity contribution in [2.24, 2.45) is 4.99 Å². The summed E-state index contributed by atoms with van der Waals surface area (Å²) in [6.45, 7) is 4.05. The molecule has 0 aromatic heterocycles. The number of rotatable bonds is 6. The van der Waals surface area contributed by atoms with E-state index in [1.54, 1.807) is 13.8 Å². The van der Waals surface area contributed by atoms with Gasteiger partial charge in [0.1, 0.15) is 5.82 Å². The van der Waals surface area contributed by atoms with E-state index in [4.69, 9.17) is 4.74 Å². The van der Waals surface area contributed by atoms with E-state index in [1.165, 1.54) is 47.4 Å². The molecule has 2 aromatic carbocycles. The van der Waals surface area contributed by atoms with Gasteiger partial charge < -0.3 is 9.84 Å². The van der Waals surface area contributed by atoms with Gasteiger partial charge in [0.05, 0.1) is 22.1 Å². The highest BCUT2D eigenvalue weighted by Gasteiger charge is 2.32. The molecule has 156 valence electrons. The monoisotopic (exact) mass is 431 g/mol. The summed E-state index contributed by atoms with van der Waals surface area (Å²) in [6.07, 6.45) is 1.48. The molecule has 0 unspecified atom stereocenters. The molecule has 1 aliphatic heterocycles. The summed E-state index contributed by atoms with van der Waals surface area (Å²) >= 11 is 1.10. The molecule has 1 aliphatic rings. The molecule has 30 heavy (non-hydrogen) atoms. The third-order valence-corrected chi connectivity index (χ3v) is 5.13. The molecule has 1 heterocycles. The van der Waals surface area contributed by atoms with Crippen LogP contribution in [-0.2, 0) is 4.79 Å². The van der Waals surface area contributed by atoms with Gasteiger partial charge in [0.15, 0.2) is 10.9 Å². The maximum Gasteiger partial charge on any atom is 0.315 e. The molecule has 0 atom stereocenters. The van der Waals surface area contributed by atoms with E-state index in [1.807, 2.05) is 0 Å². The Bertz CT molecular complexity index is 1050. The van der Waals surface area contributed by atoms with E-state index in [-0.39, 0.29) is 24.1 Å². The number of hydrogen-bond donors (Lipinski definition) is 1. The molecule has 1 N–H and O–H groups in total. The first kappa shape index (κ1) is 21.3. The predicted molar refractivity (Wildman–Crippen MR) is 112 cm³/mol. The van der Waals surface area contributed by atoms with Gasteiger partial charge in [-0.2, -0.15) is 0 Å². The number of aromatic hydroxyl groups is 1. The Kier molecular flexibility index (Phi) is 6.36. The van der Waals surface area contributed by atoms with Crippen molar-refractivity contribution < 1.29 is 24.0 Å². The summed E-state index contributed by atoms with van der Waals surface area (Å²) in [6, 6.07) is 8.15. The molecule has 8 nitrogen and oxygen atoms in total. The zero-order valence-corrected chi connectivity index (χ0v) is 17.0. The fourth-order valence-electron chi connectivity index (χ4n) is 2.75. The maximum absolute atomic E-state index is 13.1. The summed E-state index contributed by atoms with van der Waals surface area (Å²) in [5, 5.41) is 21.7. The first-order valence-electron chi connectivity index (χ1n) is 9.03. The maximum atomic E-state index is 13.1. The molecule has 0 radical (unpaired) electrons. The number of likely N-dealkylation sites (N-methyl/N-ethyl adjacent to an activating group) is 1. The van der Waals surface area contributed by atoms with Gasteiger partial charge in [-0.05, 0) is 67.6 Å². The topological polar surface area (TPSA) is 105 Å². The number of phenolic OH excluding ortho intramolecular Hbond substituents is 1. The van der Waals surface area contributed by atoms with Crippen molar-refractivity contribution in [2.45, 2.75) is 13.8 Å². The van der Waals surface area contributed by atoms with Crippen molar-refractivity contribution in [1.82, 2.24) is 4.90 Å². The van der Waals surface area contributed by atoms with Crippen LogP contribution in [0, 0.1) is 15.9 Å². The standard InChI is InChI=1S/C20H18FN3O5S/c1-3-23-19(26)17(30-20(23)22-14-7-5-13(21)6-8-14)11-12-9-15(24(27)28)18(25)16(10-12)29-4-2/h5-11,25H,3-4H2,1-2H3/b17-11+,22-20?. The molecular weight excluding hydrogens is 413 g/mol. The van der Waals surface area contributed by atoms with Crippen molar-refractivity contribution in [2.75, 3.05) is 13.2 Å². The van der Waals surface area contributed by atoms with Gasteiger partial charge >= 0.3 is 5.69 Å². The zero-order valence-electron chi connectivity index (χ0n) is 16.2. The summed E-state index contributed by atoms with van der Waals surface area (Å²) < 4.78 is 18.4. The van der Waals surface area contributed by atoms with Gasteiger partial charge in [0.25, 0.3) is 5.91 Å². The first-order chi connectivity index (χ1) is 14.3. The summed E-state index contributed by atoms with van der Waals surface area (Å²) in [4.78, 5) is 29.5. The Morgan fingerprint density at radius 2 is 2.00 bits per heavy atom. The summed E-state index contributed by atoms with van der Waals surface area (Å²) in [5.41, 5.74) is 0.305. The average Bonchev–Trinajstić information content (AvgIpc) is 3.00. The zero-order chi connectivity index (χ0) is 21.8. The van der Waals surface area contributed by atoms with E-state index >= 15 is 0 Å². The number of ether oxygens (including phenoxy) is 1. The molecular formula is C20H18FN3O5S. The lowest BCUT2D eigenvalue weighted by atomic mass is 10.1. The van der Waals surface area contributed by atoms with Crippen LogP contribution < -0.4 is 4.74 Å². The van der Waals surface area contributed by atoms with Gasteiger partial charge in [-0.25, -0.2) is 9.38 Å². The number of aliphatic imine (C=N–C) groups is 1. The molecule has 0 aliphatic carbocycles. The second-order valence-corrected chi connectivity index (χ2v) is 7.12. The van der Waals surface area contributed by atoms with Crippen LogP contribution in [-0.4, -0.2) is 39.2 Å². The molecule has 1 fully saturated rings. The van der Waals surface area contributed by atoms with Gasteiger partial charge in [-0.15, -0.1) is 0 Å². The van der Waals surface area contributed by atoms with E-state index in [0.29, 0.717) is 27.9 Å². The minimum atomic E-state index is -0.719. The number of hydrogen-bond acceptors (Lipinski definition) is 7. The third-order valence-electron chi connectivity index (χ3n) is 4.13. The van der Waals surface area contributed by atoms with Crippen LogP contribution >= 0.6 is 11.8 Å². The van der Waals surface area contributed by atoms with Gasteiger partial charge in [-0.3, -0.25) is 19.8 Å². The normalized spacial score (nSPS) is 16.5. The number of nitro groups is 1. The lowest BCUT2D eigenvalue weighted by Crippen LogP contribution is -2.28. The molecule has 1 amide bonds. The van der Waals surface area contributed by atoms with Crippen LogP contribution in [0.5, 0.6) is 11.5 Å². The Morgan fingerprint density at radius 3 is 2.60 bits per heavy atom. The van der Waals surface area contributed by atoms with Crippen molar-refractivity contribution in [3.8, 4) is 11.5 Å². The van der Waals surface area contributed by atoms with Crippen LogP contribution in [0.3, 0.4) is 0 Å². The molecule has 3 rings (SSSR count). The number of thioether (sulfide) groups is 1. The number of carbonyl (C=O) groups is 1. The number of amides is 1. The molecule has 0 saturated carbocycles. The van der Waals surface area contributed by atoms with Crippen LogP contribution in [0.1, 0.15) is 19.4 Å². The first-order valence-corrected chi connectivity index (χ1v) is 9.85. The fraction of sp³-hybridized carbons (Fsp3) is 0.200. The van der Waals surface area contributed by atoms with Crippen molar-refractivity contribution in [3.05, 3.63) is 62.8 Å². The Balaban J connectivity index is 2.00. The second-order valence-electron chi connectivity index (χ2n) is 6.11. The molecule has 1 saturated heterocycles. The number of amidine groups is 1. The van der Waals surface area contributed by atoms with Crippen LogP contribution in [0.15, 0.2) is 46.3 Å². The highest BCUT2D eigenvalue weighted by Crippen LogP contribution is 2.39. The molecule has 10 heteroatoms. The Labute approximate surface area is 175 Å². The predicted octanol–water partition coefficient (Wildman–Crippen LogP) is 4.46. The summed E-state index contributed by atoms with van der Waals surface area (Å²) in [5.74, 6) is -1.30. The Hall–Kier alpha value is -3.40. The lowest BCUT2D eigenvalue weighted by molar-refractivity contribution is -0.386. The SMILES string of the molecule is CCOc1cc(/C=C2/SC(=Nc3ccc(F)cc3)N(CC)C2=O)cc([N+](=O)[O-])c1O. The number of phenols is 1. The van der Waals surface area contributed by atoms with Crippen molar-refractivity contribution >= 4 is 40.3 Å². The average molecular weight is 431 g/mol. The highest BCUT2D eigenvalue weighted by atomic mass is 32.2. The van der Waals surface area contributed by atoms with E-state index in [2.05, 4.69) is 4.99 Å². The number of halogens is 1. The van der Waals surface area contributed by atoms with E-state index < -0.39 is 16.4 Å². The largest absolute Gasteiger partial charge is 0.500 e. The minimum Gasteiger partial charge on any atom is -0.500 e. The molecule has 0 bridgehead atoms. The second kappa shape index (κ2) is 8.95. The van der Waals surface area contributed by atoms with Crippen LogP contribution in [0.4, 0.5) is 15.8 Å². The van der Waals surface area contributed by atoms with Gasteiger partial charge in [-0.1, -0.05) is 0 Å². The fourth-order valence-corrected chi connectivity index (χ4v) is 3.81. The highest BCUT2D eigenvalue weighted by molar-refractivity contribution is 8.18. The third kappa shape index (κ3) is 4.43. The van der Waals surface area contributed by atoms with Crippen LogP contribution in [0.25, 0.3) is 6.08 Å². The van der Waals surface area contributed by atoms with Crippen molar-refractivity contribution in [3.63, 3.8) is 0 Å². The minimum absolute atomic E-state index is 0.0402. The quantitative estimate of drug-likeness (QED) is 0.411. The number of nitrogens with zero attached hydrogens (tertiary/aromatic N) is 3. The summed E-state index contributed by atoms with van der Waals surface area (Å²) in [7, 11) is 0. The molecule has 0 spiro atoms. The lowest BCUT2D eigenvalue weighted by Gasteiger charge is -2.12. The smallest absolute Gasteiger partial charge is 0.315 e. The van der Waals surface area contributed by atoms with Gasteiger partial charge in [0, 0.05) is 12.6 Å². The van der Waals surface area contributed by atoms with E-state index in [0.717, 1.165) is 11.8 Å². The number of nitro benzene ring substituents is 1. The molecule has 2 aromatic rings. The number of carbonyl (C=O) groups excluding carboxylic acids is 1. The van der Waals surface area contributed by atoms with Crippen molar-refractivity contribution in [1.29, 1.82) is 0 Å². The van der Waals surface area contributed by atoms with Gasteiger partial charge in [0.2, 0.25) is 5.75 Å². The van der Waals surface area contributed by atoms with E-state index in [9.17, 15) is 24.4 Å². The van der Waals surface area contributed by atoms with Crippen LogP contribution in [0.2, 0.25) is 0 Å². The number of benzene rings is 2.